The highest BCUT2D eigenvalue weighted by Gasteiger charge is 2.30. The number of amides is 1. The normalized spacial score (nSPS) is 19.4. The fourth-order valence-electron chi connectivity index (χ4n) is 2.70. The molecule has 0 saturated heterocycles. The monoisotopic (exact) mass is 274 g/mol. The lowest BCUT2D eigenvalue weighted by atomic mass is 9.97. The van der Waals surface area contributed by atoms with Gasteiger partial charge in [0, 0.05) is 31.9 Å². The topological polar surface area (TPSA) is 50.3 Å². The van der Waals surface area contributed by atoms with Crippen LogP contribution in [-0.2, 0) is 16.1 Å². The second kappa shape index (κ2) is 7.17. The summed E-state index contributed by atoms with van der Waals surface area (Å²) in [5.41, 5.74) is 1.05. The first-order chi connectivity index (χ1) is 9.72. The number of carbonyl (C=O) groups is 2. The van der Waals surface area contributed by atoms with E-state index in [4.69, 9.17) is 0 Å². The predicted octanol–water partition coefficient (Wildman–Crippen LogP) is 2.58. The average molecular weight is 274 g/mol. The molecule has 1 aliphatic carbocycles. The van der Waals surface area contributed by atoms with Crippen LogP contribution in [0.2, 0.25) is 0 Å². The summed E-state index contributed by atoms with van der Waals surface area (Å²) in [5, 5.41) is 0. The fourth-order valence-corrected chi connectivity index (χ4v) is 2.70. The summed E-state index contributed by atoms with van der Waals surface area (Å²) in [6.45, 7) is 3.15. The van der Waals surface area contributed by atoms with E-state index in [1.807, 2.05) is 19.1 Å². The van der Waals surface area contributed by atoms with Crippen molar-refractivity contribution >= 4 is 11.7 Å². The Balaban J connectivity index is 2.06. The lowest BCUT2D eigenvalue weighted by molar-refractivity contribution is -0.141. The van der Waals surface area contributed by atoms with E-state index in [1.54, 1.807) is 17.3 Å². The molecule has 1 saturated carbocycles. The van der Waals surface area contributed by atoms with Crippen LogP contribution in [-0.4, -0.2) is 28.1 Å². The molecule has 1 atom stereocenters. The standard InChI is InChI=1S/C16H22N2O2/c1-2-18(12-13-8-10-17-11-9-13)16(20)14-6-4-3-5-7-15(14)19/h8-11,14H,2-7,12H2,1H3. The zero-order valence-corrected chi connectivity index (χ0v) is 12.0. The number of hydrogen-bond acceptors (Lipinski definition) is 3. The quantitative estimate of drug-likeness (QED) is 0.626. The summed E-state index contributed by atoms with van der Waals surface area (Å²) in [6, 6.07) is 3.82. The van der Waals surface area contributed by atoms with Gasteiger partial charge in [-0.2, -0.15) is 0 Å². The van der Waals surface area contributed by atoms with Crippen molar-refractivity contribution in [1.82, 2.24) is 9.88 Å². The second-order valence-electron chi connectivity index (χ2n) is 5.33. The van der Waals surface area contributed by atoms with Gasteiger partial charge in [-0.15, -0.1) is 0 Å². The molecule has 0 radical (unpaired) electrons. The van der Waals surface area contributed by atoms with Crippen molar-refractivity contribution in [3.8, 4) is 0 Å². The van der Waals surface area contributed by atoms with Gasteiger partial charge in [0.05, 0.1) is 5.92 Å². The molecule has 1 amide bonds. The minimum absolute atomic E-state index is 0.00351. The average Bonchev–Trinajstić information content (AvgIpc) is 2.70. The van der Waals surface area contributed by atoms with Gasteiger partial charge in [0.25, 0.3) is 0 Å². The lowest BCUT2D eigenvalue weighted by Gasteiger charge is -2.25. The number of carbonyl (C=O) groups excluding carboxylic acids is 2. The van der Waals surface area contributed by atoms with Crippen LogP contribution in [0.15, 0.2) is 24.5 Å². The van der Waals surface area contributed by atoms with Crippen molar-refractivity contribution in [3.05, 3.63) is 30.1 Å². The van der Waals surface area contributed by atoms with Crippen LogP contribution < -0.4 is 0 Å². The maximum absolute atomic E-state index is 12.6. The molecule has 4 heteroatoms. The van der Waals surface area contributed by atoms with Crippen molar-refractivity contribution < 1.29 is 9.59 Å². The first kappa shape index (κ1) is 14.7. The van der Waals surface area contributed by atoms with Gasteiger partial charge in [0.1, 0.15) is 5.78 Å². The van der Waals surface area contributed by atoms with Crippen molar-refractivity contribution in [2.75, 3.05) is 6.54 Å². The van der Waals surface area contributed by atoms with Gasteiger partial charge < -0.3 is 4.90 Å². The third-order valence-electron chi connectivity index (χ3n) is 3.92. The van der Waals surface area contributed by atoms with Crippen LogP contribution in [0.3, 0.4) is 0 Å². The Labute approximate surface area is 120 Å². The van der Waals surface area contributed by atoms with E-state index in [2.05, 4.69) is 4.98 Å². The number of nitrogens with zero attached hydrogens (tertiary/aromatic N) is 2. The highest BCUT2D eigenvalue weighted by molar-refractivity contribution is 6.01. The highest BCUT2D eigenvalue weighted by Crippen LogP contribution is 2.22. The maximum atomic E-state index is 12.6. The van der Waals surface area contributed by atoms with Crippen molar-refractivity contribution in [2.45, 2.75) is 45.6 Å². The van der Waals surface area contributed by atoms with E-state index >= 15 is 0 Å². The van der Waals surface area contributed by atoms with Gasteiger partial charge in [-0.1, -0.05) is 12.8 Å². The van der Waals surface area contributed by atoms with Gasteiger partial charge in [0.15, 0.2) is 0 Å². The molecule has 1 aliphatic rings. The Hall–Kier alpha value is -1.71. The van der Waals surface area contributed by atoms with E-state index < -0.39 is 5.92 Å². The Kier molecular flexibility index (Phi) is 5.27. The molecule has 1 aromatic heterocycles. The fraction of sp³-hybridized carbons (Fsp3) is 0.562. The van der Waals surface area contributed by atoms with Crippen LogP contribution in [0, 0.1) is 5.92 Å². The SMILES string of the molecule is CCN(Cc1ccncc1)C(=O)C1CCCCCC1=O. The van der Waals surface area contributed by atoms with Crippen molar-refractivity contribution in [3.63, 3.8) is 0 Å². The summed E-state index contributed by atoms with van der Waals surface area (Å²) in [7, 11) is 0. The molecule has 108 valence electrons. The van der Waals surface area contributed by atoms with Gasteiger partial charge in [-0.25, -0.2) is 0 Å². The Morgan fingerprint density at radius 1 is 1.30 bits per heavy atom. The van der Waals surface area contributed by atoms with Crippen LogP contribution in [0.5, 0.6) is 0 Å². The summed E-state index contributed by atoms with van der Waals surface area (Å²) in [6.07, 6.45) is 7.70. The summed E-state index contributed by atoms with van der Waals surface area (Å²) in [5.74, 6) is -0.295. The molecular weight excluding hydrogens is 252 g/mol. The molecular formula is C16H22N2O2. The van der Waals surface area contributed by atoms with E-state index in [1.165, 1.54) is 0 Å². The zero-order valence-electron chi connectivity index (χ0n) is 12.0. The summed E-state index contributed by atoms with van der Waals surface area (Å²) < 4.78 is 0. The van der Waals surface area contributed by atoms with Gasteiger partial charge in [0.2, 0.25) is 5.91 Å². The number of ketones is 1. The molecule has 0 spiro atoms. The number of rotatable bonds is 4. The maximum Gasteiger partial charge on any atom is 0.233 e. The molecule has 20 heavy (non-hydrogen) atoms. The van der Waals surface area contributed by atoms with Crippen molar-refractivity contribution in [2.24, 2.45) is 5.92 Å². The van der Waals surface area contributed by atoms with E-state index in [0.29, 0.717) is 25.9 Å². The molecule has 1 fully saturated rings. The molecule has 0 aromatic carbocycles. The van der Waals surface area contributed by atoms with Gasteiger partial charge in [-0.3, -0.25) is 14.6 Å². The number of aromatic nitrogens is 1. The lowest BCUT2D eigenvalue weighted by Crippen LogP contribution is -2.38. The second-order valence-corrected chi connectivity index (χ2v) is 5.33. The van der Waals surface area contributed by atoms with E-state index in [0.717, 1.165) is 24.8 Å². The van der Waals surface area contributed by atoms with Crippen LogP contribution >= 0.6 is 0 Å². The van der Waals surface area contributed by atoms with E-state index in [9.17, 15) is 9.59 Å². The predicted molar refractivity (Wildman–Crippen MR) is 76.9 cm³/mol. The largest absolute Gasteiger partial charge is 0.338 e. The third kappa shape index (κ3) is 3.65. The van der Waals surface area contributed by atoms with Crippen LogP contribution in [0.4, 0.5) is 0 Å². The molecule has 1 unspecified atom stereocenters. The van der Waals surface area contributed by atoms with Gasteiger partial charge in [-0.05, 0) is 37.5 Å². The number of pyridine rings is 1. The first-order valence-corrected chi connectivity index (χ1v) is 7.42. The third-order valence-corrected chi connectivity index (χ3v) is 3.92. The first-order valence-electron chi connectivity index (χ1n) is 7.42. The molecule has 4 nitrogen and oxygen atoms in total. The van der Waals surface area contributed by atoms with Crippen LogP contribution in [0.1, 0.15) is 44.6 Å². The summed E-state index contributed by atoms with van der Waals surface area (Å²) >= 11 is 0. The Morgan fingerprint density at radius 2 is 2.05 bits per heavy atom. The zero-order chi connectivity index (χ0) is 14.4. The number of hydrogen-bond donors (Lipinski definition) is 0. The minimum Gasteiger partial charge on any atom is -0.338 e. The van der Waals surface area contributed by atoms with Gasteiger partial charge >= 0.3 is 0 Å². The summed E-state index contributed by atoms with van der Waals surface area (Å²) in [4.78, 5) is 30.4. The Morgan fingerprint density at radius 3 is 2.75 bits per heavy atom. The smallest absolute Gasteiger partial charge is 0.233 e. The molecule has 0 N–H and O–H groups in total. The van der Waals surface area contributed by atoms with Crippen molar-refractivity contribution in [1.29, 1.82) is 0 Å². The molecule has 1 aromatic rings. The van der Waals surface area contributed by atoms with Crippen LogP contribution in [0.25, 0.3) is 0 Å². The number of Topliss-reactive ketones (excluding diaryl/α,β-unsaturated/α-hetero) is 1. The Bertz CT molecular complexity index is 459. The molecule has 2 rings (SSSR count). The molecule has 1 heterocycles. The molecule has 0 bridgehead atoms. The highest BCUT2D eigenvalue weighted by atomic mass is 16.2. The minimum atomic E-state index is -0.417. The van der Waals surface area contributed by atoms with E-state index in [-0.39, 0.29) is 11.7 Å². The molecule has 0 aliphatic heterocycles.